The monoisotopic (exact) mass is 392 g/mol. The quantitative estimate of drug-likeness (QED) is 0.359. The minimum Gasteiger partial charge on any atom is -0.404 e. The third-order valence-electron chi connectivity index (χ3n) is 1.97. The Morgan fingerprint density at radius 1 is 1.14 bits per heavy atom. The van der Waals surface area contributed by atoms with Crippen molar-refractivity contribution < 1.29 is 31.1 Å². The van der Waals surface area contributed by atoms with Gasteiger partial charge in [0.25, 0.3) is 0 Å². The number of nitrogens with zero attached hydrogens (tertiary/aromatic N) is 2. The van der Waals surface area contributed by atoms with E-state index in [-0.39, 0.29) is 5.56 Å². The van der Waals surface area contributed by atoms with E-state index in [1.165, 1.54) is 0 Å². The molecular weight excluding hydrogens is 386 g/mol. The molecule has 0 aliphatic rings. The van der Waals surface area contributed by atoms with Gasteiger partial charge < -0.3 is 16.2 Å². The van der Waals surface area contributed by atoms with E-state index in [4.69, 9.17) is 11.5 Å². The van der Waals surface area contributed by atoms with Crippen molar-refractivity contribution in [3.8, 4) is 5.75 Å². The Morgan fingerprint density at radius 2 is 1.73 bits per heavy atom. The average molecular weight is 393 g/mol. The normalized spacial score (nSPS) is 12.5. The molecule has 5 nitrogen and oxygen atoms in total. The largest absolute Gasteiger partial charge is 0.573 e. The fourth-order valence-electron chi connectivity index (χ4n) is 1.28. The Balaban J connectivity index is 3.37. The molecule has 122 valence electrons. The Morgan fingerprint density at radius 3 is 2.18 bits per heavy atom. The first kappa shape index (κ1) is 18.1. The molecule has 0 radical (unpaired) electrons. The molecule has 12 heteroatoms. The van der Waals surface area contributed by atoms with Crippen molar-refractivity contribution in [3.63, 3.8) is 0 Å². The number of hydrogen-bond donors (Lipinski definition) is 2. The van der Waals surface area contributed by atoms with E-state index in [2.05, 4.69) is 30.9 Å². The highest BCUT2D eigenvalue weighted by Crippen LogP contribution is 2.43. The first-order chi connectivity index (χ1) is 9.90. The second kappa shape index (κ2) is 6.42. The molecule has 0 atom stereocenters. The molecule has 0 heterocycles. The van der Waals surface area contributed by atoms with Crippen LogP contribution in [-0.2, 0) is 6.18 Å². The molecule has 0 aliphatic heterocycles. The Kier molecular flexibility index (Phi) is 5.27. The van der Waals surface area contributed by atoms with E-state index in [1.54, 1.807) is 0 Å². The number of alkyl halides is 6. The van der Waals surface area contributed by atoms with Crippen LogP contribution in [0, 0.1) is 0 Å². The number of halogens is 7. The van der Waals surface area contributed by atoms with Gasteiger partial charge >= 0.3 is 12.5 Å². The SMILES string of the molecule is NC(N)=NN=Cc1cc(Br)c(OC(F)(F)F)c(C(F)(F)F)c1. The van der Waals surface area contributed by atoms with E-state index < -0.39 is 34.3 Å². The summed E-state index contributed by atoms with van der Waals surface area (Å²) in [5, 5.41) is 6.43. The number of benzene rings is 1. The number of guanidine groups is 1. The molecule has 1 aromatic rings. The molecule has 0 saturated heterocycles. The zero-order valence-electron chi connectivity index (χ0n) is 10.3. The Bertz CT molecular complexity index is 607. The molecule has 1 rings (SSSR count). The van der Waals surface area contributed by atoms with Gasteiger partial charge in [0.15, 0.2) is 5.75 Å². The van der Waals surface area contributed by atoms with Gasteiger partial charge in [0.2, 0.25) is 5.96 Å². The van der Waals surface area contributed by atoms with Crippen LogP contribution in [-0.4, -0.2) is 18.5 Å². The van der Waals surface area contributed by atoms with E-state index in [9.17, 15) is 26.3 Å². The standard InChI is InChI=1S/C10H7BrF6N4O/c11-6-2-4(3-20-21-8(18)19)1-5(9(12,13)14)7(6)22-10(15,16)17/h1-3H,(H4,18,19,21). The van der Waals surface area contributed by atoms with Crippen molar-refractivity contribution in [1.82, 2.24) is 0 Å². The lowest BCUT2D eigenvalue weighted by atomic mass is 10.1. The van der Waals surface area contributed by atoms with E-state index in [0.29, 0.717) is 6.07 Å². The lowest BCUT2D eigenvalue weighted by Crippen LogP contribution is -2.21. The first-order valence-corrected chi connectivity index (χ1v) is 5.98. The molecule has 0 aromatic heterocycles. The predicted molar refractivity (Wildman–Crippen MR) is 69.2 cm³/mol. The lowest BCUT2D eigenvalue weighted by molar-refractivity contribution is -0.276. The highest BCUT2D eigenvalue weighted by Gasteiger charge is 2.40. The number of ether oxygens (including phenoxy) is 1. The van der Waals surface area contributed by atoms with E-state index in [1.807, 2.05) is 0 Å². The van der Waals surface area contributed by atoms with Crippen LogP contribution in [0.4, 0.5) is 26.3 Å². The smallest absolute Gasteiger partial charge is 0.404 e. The summed E-state index contributed by atoms with van der Waals surface area (Å²) in [6.45, 7) is 0. The number of rotatable bonds is 3. The maximum atomic E-state index is 12.9. The molecule has 0 saturated carbocycles. The summed E-state index contributed by atoms with van der Waals surface area (Å²) < 4.78 is 78.0. The van der Waals surface area contributed by atoms with Crippen LogP contribution in [0.5, 0.6) is 5.75 Å². The zero-order valence-corrected chi connectivity index (χ0v) is 11.9. The minimum atomic E-state index is -5.28. The molecule has 0 fully saturated rings. The van der Waals surface area contributed by atoms with Crippen molar-refractivity contribution in [3.05, 3.63) is 27.7 Å². The van der Waals surface area contributed by atoms with Crippen LogP contribution in [0.1, 0.15) is 11.1 Å². The second-order valence-electron chi connectivity index (χ2n) is 3.69. The fourth-order valence-corrected chi connectivity index (χ4v) is 1.84. The molecule has 0 amide bonds. The third-order valence-corrected chi connectivity index (χ3v) is 2.56. The van der Waals surface area contributed by atoms with Gasteiger partial charge in [0, 0.05) is 0 Å². The molecular formula is C10H7BrF6N4O. The molecule has 0 aliphatic carbocycles. The predicted octanol–water partition coefficient (Wildman–Crippen LogP) is 2.97. The van der Waals surface area contributed by atoms with Gasteiger partial charge in [-0.15, -0.1) is 18.3 Å². The van der Waals surface area contributed by atoms with Crippen LogP contribution >= 0.6 is 15.9 Å². The van der Waals surface area contributed by atoms with Crippen LogP contribution in [0.2, 0.25) is 0 Å². The average Bonchev–Trinajstić information content (AvgIpc) is 2.28. The summed E-state index contributed by atoms with van der Waals surface area (Å²) in [7, 11) is 0. The van der Waals surface area contributed by atoms with Crippen molar-refractivity contribution in [2.75, 3.05) is 0 Å². The summed E-state index contributed by atoms with van der Waals surface area (Å²) in [5.74, 6) is -1.85. The zero-order chi connectivity index (χ0) is 17.1. The van der Waals surface area contributed by atoms with Gasteiger partial charge in [-0.1, -0.05) is 0 Å². The molecule has 1 aromatic carbocycles. The van der Waals surface area contributed by atoms with Crippen molar-refractivity contribution in [1.29, 1.82) is 0 Å². The van der Waals surface area contributed by atoms with Gasteiger partial charge in [-0.3, -0.25) is 0 Å². The van der Waals surface area contributed by atoms with Crippen LogP contribution in [0.25, 0.3) is 0 Å². The van der Waals surface area contributed by atoms with Gasteiger partial charge in [0.1, 0.15) is 0 Å². The third kappa shape index (κ3) is 5.42. The summed E-state index contributed by atoms with van der Waals surface area (Å²) >= 11 is 2.59. The van der Waals surface area contributed by atoms with Gasteiger partial charge in [-0.2, -0.15) is 18.3 Å². The van der Waals surface area contributed by atoms with Gasteiger partial charge in [0.05, 0.1) is 16.3 Å². The lowest BCUT2D eigenvalue weighted by Gasteiger charge is -2.17. The summed E-state index contributed by atoms with van der Waals surface area (Å²) in [6, 6.07) is 1.35. The molecule has 22 heavy (non-hydrogen) atoms. The number of hydrogen-bond acceptors (Lipinski definition) is 3. The summed E-state index contributed by atoms with van der Waals surface area (Å²) in [4.78, 5) is 0. The van der Waals surface area contributed by atoms with Crippen molar-refractivity contribution in [2.24, 2.45) is 21.7 Å². The van der Waals surface area contributed by atoms with Crippen LogP contribution in [0.3, 0.4) is 0 Å². The van der Waals surface area contributed by atoms with E-state index in [0.717, 1.165) is 12.3 Å². The van der Waals surface area contributed by atoms with Crippen LogP contribution < -0.4 is 16.2 Å². The Hall–Kier alpha value is -1.98. The maximum absolute atomic E-state index is 12.9. The van der Waals surface area contributed by atoms with E-state index >= 15 is 0 Å². The van der Waals surface area contributed by atoms with Crippen LogP contribution in [0.15, 0.2) is 26.8 Å². The molecule has 4 N–H and O–H groups in total. The highest BCUT2D eigenvalue weighted by atomic mass is 79.9. The Labute approximate surface area is 127 Å². The van der Waals surface area contributed by atoms with Gasteiger partial charge in [-0.05, 0) is 33.6 Å². The molecule has 0 bridgehead atoms. The summed E-state index contributed by atoms with van der Waals surface area (Å²) in [5.41, 5.74) is 8.09. The maximum Gasteiger partial charge on any atom is 0.573 e. The summed E-state index contributed by atoms with van der Waals surface area (Å²) in [6.07, 6.45) is -9.53. The number of nitrogens with two attached hydrogens (primary N) is 2. The second-order valence-corrected chi connectivity index (χ2v) is 4.55. The highest BCUT2D eigenvalue weighted by molar-refractivity contribution is 9.10. The topological polar surface area (TPSA) is 86.0 Å². The minimum absolute atomic E-state index is 0.196. The van der Waals surface area contributed by atoms with Crippen molar-refractivity contribution in [2.45, 2.75) is 12.5 Å². The first-order valence-electron chi connectivity index (χ1n) is 5.18. The molecule has 0 spiro atoms. The van der Waals surface area contributed by atoms with Gasteiger partial charge in [-0.25, -0.2) is 0 Å². The fraction of sp³-hybridized carbons (Fsp3) is 0.200. The van der Waals surface area contributed by atoms with Crippen molar-refractivity contribution >= 4 is 28.1 Å². The molecule has 0 unspecified atom stereocenters.